The zero-order chi connectivity index (χ0) is 13.2. The lowest BCUT2D eigenvalue weighted by Crippen LogP contribution is -2.47. The molecule has 1 saturated heterocycles. The second-order valence-corrected chi connectivity index (χ2v) is 4.92. The highest BCUT2D eigenvalue weighted by Gasteiger charge is 2.40. The zero-order valence-electron chi connectivity index (χ0n) is 10.4. The number of methoxy groups -OCH3 is 1. The number of rotatable bonds is 3. The van der Waals surface area contributed by atoms with E-state index in [0.29, 0.717) is 24.1 Å². The molecule has 0 aliphatic carbocycles. The predicted molar refractivity (Wildman–Crippen MR) is 70.4 cm³/mol. The lowest BCUT2D eigenvalue weighted by atomic mass is 9.83. The van der Waals surface area contributed by atoms with E-state index in [4.69, 9.17) is 32.5 Å². The normalized spacial score (nSPS) is 20.6. The highest BCUT2D eigenvalue weighted by atomic mass is 35.5. The van der Waals surface area contributed by atoms with Crippen molar-refractivity contribution in [2.24, 2.45) is 5.73 Å². The molecule has 0 aromatic carbocycles. The van der Waals surface area contributed by atoms with E-state index in [1.165, 1.54) is 6.20 Å². The Morgan fingerprint density at radius 3 is 2.78 bits per heavy atom. The predicted octanol–water partition coefficient (Wildman–Crippen LogP) is 1.51. The van der Waals surface area contributed by atoms with Gasteiger partial charge in [-0.2, -0.15) is 0 Å². The van der Waals surface area contributed by atoms with Crippen molar-refractivity contribution in [2.45, 2.75) is 24.5 Å². The van der Waals surface area contributed by atoms with Crippen LogP contribution in [0.2, 0.25) is 5.02 Å². The number of pyridine rings is 1. The van der Waals surface area contributed by atoms with Gasteiger partial charge in [0.1, 0.15) is 5.82 Å². The molecule has 18 heavy (non-hydrogen) atoms. The average molecular weight is 272 g/mol. The maximum absolute atomic E-state index is 6.33. The van der Waals surface area contributed by atoms with Gasteiger partial charge in [0.25, 0.3) is 0 Å². The number of aromatic nitrogens is 1. The summed E-state index contributed by atoms with van der Waals surface area (Å²) in [5.41, 5.74) is 12.5. The van der Waals surface area contributed by atoms with E-state index in [0.717, 1.165) is 18.4 Å². The number of anilines is 1. The molecular formula is C12H18ClN3O2. The molecule has 1 aliphatic rings. The molecule has 4 N–H and O–H groups in total. The minimum Gasteiger partial charge on any atom is -0.383 e. The summed E-state index contributed by atoms with van der Waals surface area (Å²) in [6.45, 7) is 1.27. The monoisotopic (exact) mass is 271 g/mol. The van der Waals surface area contributed by atoms with E-state index in [-0.39, 0.29) is 6.04 Å². The van der Waals surface area contributed by atoms with E-state index in [2.05, 4.69) is 4.98 Å². The average Bonchev–Trinajstić information content (AvgIpc) is 2.41. The van der Waals surface area contributed by atoms with E-state index in [1.54, 1.807) is 13.2 Å². The first-order valence-electron chi connectivity index (χ1n) is 5.88. The summed E-state index contributed by atoms with van der Waals surface area (Å²) in [6, 6.07) is 1.39. The molecule has 1 fully saturated rings. The molecule has 1 aromatic rings. The Labute approximate surface area is 111 Å². The molecule has 0 bridgehead atoms. The molecule has 0 saturated carbocycles. The Morgan fingerprint density at radius 1 is 1.50 bits per heavy atom. The molecule has 1 aliphatic heterocycles. The molecule has 0 radical (unpaired) electrons. The molecule has 0 spiro atoms. The number of nitrogen functional groups attached to an aromatic ring is 1. The van der Waals surface area contributed by atoms with Gasteiger partial charge in [0.15, 0.2) is 0 Å². The lowest BCUT2D eigenvalue weighted by molar-refractivity contribution is -0.104. The van der Waals surface area contributed by atoms with Gasteiger partial charge in [0.05, 0.1) is 16.7 Å². The molecule has 0 amide bonds. The van der Waals surface area contributed by atoms with Gasteiger partial charge in [0.2, 0.25) is 0 Å². The number of hydrogen-bond acceptors (Lipinski definition) is 5. The van der Waals surface area contributed by atoms with Crippen LogP contribution in [0.1, 0.15) is 24.4 Å². The van der Waals surface area contributed by atoms with Crippen LogP contribution in [0.4, 0.5) is 5.82 Å². The summed E-state index contributed by atoms with van der Waals surface area (Å²) in [7, 11) is 1.67. The van der Waals surface area contributed by atoms with Gasteiger partial charge in [-0.25, -0.2) is 4.98 Å². The largest absolute Gasteiger partial charge is 0.383 e. The minimum atomic E-state index is -0.460. The Hall–Kier alpha value is -0.880. The van der Waals surface area contributed by atoms with Gasteiger partial charge in [-0.15, -0.1) is 0 Å². The van der Waals surface area contributed by atoms with Crippen molar-refractivity contribution >= 4 is 17.4 Å². The first-order valence-corrected chi connectivity index (χ1v) is 6.26. The fraction of sp³-hybridized carbons (Fsp3) is 0.583. The van der Waals surface area contributed by atoms with E-state index >= 15 is 0 Å². The number of ether oxygens (including phenoxy) is 2. The van der Waals surface area contributed by atoms with Gasteiger partial charge < -0.3 is 20.9 Å². The molecular weight excluding hydrogens is 254 g/mol. The van der Waals surface area contributed by atoms with E-state index in [1.807, 2.05) is 0 Å². The van der Waals surface area contributed by atoms with Crippen LogP contribution >= 0.6 is 11.6 Å². The van der Waals surface area contributed by atoms with Crippen molar-refractivity contribution in [3.8, 4) is 0 Å². The Balaban J connectivity index is 2.33. The topological polar surface area (TPSA) is 83.4 Å². The standard InChI is InChI=1S/C12H18ClN3O2/c1-17-12(2-4-18-5-3-12)10(14)9-6-8(13)7-16-11(9)15/h6-7,10H,2-5,14H2,1H3,(H2,15,16). The Morgan fingerprint density at radius 2 is 2.17 bits per heavy atom. The Bertz CT molecular complexity index is 422. The van der Waals surface area contributed by atoms with Gasteiger partial charge in [-0.1, -0.05) is 11.6 Å². The fourth-order valence-electron chi connectivity index (χ4n) is 2.36. The van der Waals surface area contributed by atoms with Gasteiger partial charge in [-0.3, -0.25) is 0 Å². The molecule has 6 heteroatoms. The summed E-state index contributed by atoms with van der Waals surface area (Å²) in [6.07, 6.45) is 2.98. The van der Waals surface area contributed by atoms with Gasteiger partial charge >= 0.3 is 0 Å². The fourth-order valence-corrected chi connectivity index (χ4v) is 2.52. The maximum Gasteiger partial charge on any atom is 0.128 e. The molecule has 5 nitrogen and oxygen atoms in total. The number of nitrogens with zero attached hydrogens (tertiary/aromatic N) is 1. The molecule has 2 rings (SSSR count). The van der Waals surface area contributed by atoms with Crippen molar-refractivity contribution in [3.05, 3.63) is 22.8 Å². The van der Waals surface area contributed by atoms with Crippen LogP contribution in [0.25, 0.3) is 0 Å². The minimum absolute atomic E-state index is 0.363. The van der Waals surface area contributed by atoms with Crippen molar-refractivity contribution in [3.63, 3.8) is 0 Å². The van der Waals surface area contributed by atoms with Crippen LogP contribution in [0, 0.1) is 0 Å². The highest BCUT2D eigenvalue weighted by molar-refractivity contribution is 6.30. The maximum atomic E-state index is 6.33. The lowest BCUT2D eigenvalue weighted by Gasteiger charge is -2.40. The second kappa shape index (κ2) is 5.40. The zero-order valence-corrected chi connectivity index (χ0v) is 11.1. The van der Waals surface area contributed by atoms with E-state index < -0.39 is 5.60 Å². The second-order valence-electron chi connectivity index (χ2n) is 4.49. The molecule has 1 atom stereocenters. The van der Waals surface area contributed by atoms with Crippen LogP contribution in [-0.4, -0.2) is 30.9 Å². The third kappa shape index (κ3) is 2.44. The molecule has 1 aromatic heterocycles. The van der Waals surface area contributed by atoms with Crippen LogP contribution in [0.5, 0.6) is 0 Å². The summed E-state index contributed by atoms with van der Waals surface area (Å²) in [4.78, 5) is 4.04. The van der Waals surface area contributed by atoms with Gasteiger partial charge in [-0.05, 0) is 6.07 Å². The van der Waals surface area contributed by atoms with Crippen molar-refractivity contribution < 1.29 is 9.47 Å². The molecule has 100 valence electrons. The van der Waals surface area contributed by atoms with Crippen LogP contribution in [-0.2, 0) is 9.47 Å². The number of halogens is 1. The summed E-state index contributed by atoms with van der Waals surface area (Å²) in [5.74, 6) is 0.398. The summed E-state index contributed by atoms with van der Waals surface area (Å²) in [5, 5.41) is 0.521. The third-order valence-electron chi connectivity index (χ3n) is 3.56. The smallest absolute Gasteiger partial charge is 0.128 e. The SMILES string of the molecule is COC1(C(N)c2cc(Cl)cnc2N)CCOCC1. The number of hydrogen-bond donors (Lipinski definition) is 2. The molecule has 1 unspecified atom stereocenters. The van der Waals surface area contributed by atoms with Crippen molar-refractivity contribution in [1.82, 2.24) is 4.98 Å². The van der Waals surface area contributed by atoms with Crippen LogP contribution < -0.4 is 11.5 Å². The van der Waals surface area contributed by atoms with Crippen molar-refractivity contribution in [1.29, 1.82) is 0 Å². The summed E-state index contributed by atoms with van der Waals surface area (Å²) < 4.78 is 11.0. The van der Waals surface area contributed by atoms with Crippen LogP contribution in [0.15, 0.2) is 12.3 Å². The molecule has 2 heterocycles. The van der Waals surface area contributed by atoms with Crippen molar-refractivity contribution in [2.75, 3.05) is 26.1 Å². The quantitative estimate of drug-likeness (QED) is 0.871. The first kappa shape index (κ1) is 13.5. The van der Waals surface area contributed by atoms with Gasteiger partial charge in [0, 0.05) is 44.9 Å². The van der Waals surface area contributed by atoms with E-state index in [9.17, 15) is 0 Å². The first-order chi connectivity index (χ1) is 8.59. The van der Waals surface area contributed by atoms with Crippen LogP contribution in [0.3, 0.4) is 0 Å². The Kier molecular flexibility index (Phi) is 4.07. The highest BCUT2D eigenvalue weighted by Crippen LogP contribution is 2.37. The summed E-state index contributed by atoms with van der Waals surface area (Å²) >= 11 is 5.95. The third-order valence-corrected chi connectivity index (χ3v) is 3.77. The number of nitrogens with two attached hydrogens (primary N) is 2.